The van der Waals surface area contributed by atoms with Crippen molar-refractivity contribution < 1.29 is 24.1 Å². The normalized spacial score (nSPS) is 14.9. The van der Waals surface area contributed by atoms with Gasteiger partial charge in [0, 0.05) is 17.7 Å². The molecule has 3 aromatic rings. The monoisotopic (exact) mass is 465 g/mol. The van der Waals surface area contributed by atoms with E-state index in [0.717, 1.165) is 35.1 Å². The molecule has 2 aromatic carbocycles. The van der Waals surface area contributed by atoms with E-state index in [9.17, 15) is 9.90 Å². The van der Waals surface area contributed by atoms with Gasteiger partial charge in [-0.3, -0.25) is 9.89 Å². The van der Waals surface area contributed by atoms with Gasteiger partial charge in [-0.25, -0.2) is 0 Å². The minimum absolute atomic E-state index is 0.120. The van der Waals surface area contributed by atoms with Crippen molar-refractivity contribution in [3.05, 3.63) is 52.2 Å². The lowest BCUT2D eigenvalue weighted by Gasteiger charge is -2.27. The van der Waals surface area contributed by atoms with E-state index in [-0.39, 0.29) is 11.7 Å². The molecule has 0 saturated heterocycles. The number of methoxy groups -OCH3 is 3. The van der Waals surface area contributed by atoms with Crippen molar-refractivity contribution in [1.82, 2.24) is 15.1 Å². The molecule has 4 rings (SSSR count). The highest BCUT2D eigenvalue weighted by Gasteiger charge is 2.43. The van der Waals surface area contributed by atoms with Gasteiger partial charge in [0.15, 0.2) is 11.5 Å². The first-order valence-corrected chi connectivity index (χ1v) is 11.4. The van der Waals surface area contributed by atoms with Gasteiger partial charge in [0.05, 0.1) is 27.4 Å². The number of benzene rings is 2. The van der Waals surface area contributed by atoms with E-state index in [0.29, 0.717) is 40.7 Å². The van der Waals surface area contributed by atoms with Crippen LogP contribution in [0, 0.1) is 13.8 Å². The standard InChI is InChI=1S/C26H31N3O5/c1-7-8-9-29-24(16-12-18(32-4)25(34-6)19(13-16)33-5)21-22(27-28-23(21)26(29)31)20-15(3)10-14(2)11-17(20)30/h10-13,24,30H,7-9H2,1-6H3,(H,27,28)/t24-/m1/s1. The first-order chi connectivity index (χ1) is 16.4. The summed E-state index contributed by atoms with van der Waals surface area (Å²) in [6.45, 7) is 6.54. The zero-order valence-corrected chi connectivity index (χ0v) is 20.5. The molecule has 0 spiro atoms. The van der Waals surface area contributed by atoms with Crippen molar-refractivity contribution in [2.75, 3.05) is 27.9 Å². The van der Waals surface area contributed by atoms with Crippen LogP contribution in [0.1, 0.15) is 58.5 Å². The van der Waals surface area contributed by atoms with Crippen LogP contribution in [0.15, 0.2) is 24.3 Å². The van der Waals surface area contributed by atoms with E-state index in [1.54, 1.807) is 27.4 Å². The van der Waals surface area contributed by atoms with Crippen LogP contribution in [0.3, 0.4) is 0 Å². The Hall–Kier alpha value is -3.68. The van der Waals surface area contributed by atoms with Crippen LogP contribution in [-0.4, -0.2) is 54.0 Å². The van der Waals surface area contributed by atoms with Crippen molar-refractivity contribution in [2.24, 2.45) is 0 Å². The van der Waals surface area contributed by atoms with Gasteiger partial charge < -0.3 is 24.2 Å². The molecule has 1 aromatic heterocycles. The third-order valence-corrected chi connectivity index (χ3v) is 6.32. The SMILES string of the molecule is CCCCN1C(=O)c2[nH]nc(-c3c(C)cc(C)cc3O)c2[C@H]1c1cc(OC)c(OC)c(OC)c1. The number of aryl methyl sites for hydroxylation is 2. The molecular formula is C26H31N3O5. The number of nitrogens with one attached hydrogen (secondary N) is 1. The number of aromatic hydroxyl groups is 1. The largest absolute Gasteiger partial charge is 0.507 e. The molecule has 0 unspecified atom stereocenters. The van der Waals surface area contributed by atoms with E-state index >= 15 is 0 Å². The topological polar surface area (TPSA) is 96.9 Å². The fourth-order valence-corrected chi connectivity index (χ4v) is 4.81. The number of fused-ring (bicyclic) bond motifs is 1. The molecular weight excluding hydrogens is 434 g/mol. The predicted molar refractivity (Wildman–Crippen MR) is 129 cm³/mol. The summed E-state index contributed by atoms with van der Waals surface area (Å²) in [7, 11) is 4.69. The molecule has 8 heteroatoms. The Labute approximate surface area is 199 Å². The van der Waals surface area contributed by atoms with E-state index < -0.39 is 6.04 Å². The average molecular weight is 466 g/mol. The Bertz CT molecular complexity index is 1190. The van der Waals surface area contributed by atoms with Crippen molar-refractivity contribution in [3.8, 4) is 34.3 Å². The van der Waals surface area contributed by atoms with Gasteiger partial charge >= 0.3 is 0 Å². The number of unbranched alkanes of at least 4 members (excludes halogenated alkanes) is 1. The summed E-state index contributed by atoms with van der Waals surface area (Å²) >= 11 is 0. The molecule has 34 heavy (non-hydrogen) atoms. The average Bonchev–Trinajstić information content (AvgIpc) is 3.34. The number of aromatic amines is 1. The maximum absolute atomic E-state index is 13.5. The van der Waals surface area contributed by atoms with Gasteiger partial charge in [-0.1, -0.05) is 19.4 Å². The third-order valence-electron chi connectivity index (χ3n) is 6.32. The number of nitrogens with zero attached hydrogens (tertiary/aromatic N) is 2. The summed E-state index contributed by atoms with van der Waals surface area (Å²) in [5.41, 5.74) is 5.00. The zero-order valence-electron chi connectivity index (χ0n) is 20.5. The summed E-state index contributed by atoms with van der Waals surface area (Å²) < 4.78 is 16.7. The van der Waals surface area contributed by atoms with Crippen LogP contribution in [0.2, 0.25) is 0 Å². The Balaban J connectivity index is 1.97. The maximum Gasteiger partial charge on any atom is 0.273 e. The first-order valence-electron chi connectivity index (χ1n) is 11.4. The Morgan fingerprint density at radius 1 is 1.06 bits per heavy atom. The molecule has 1 aliphatic heterocycles. The molecule has 2 heterocycles. The van der Waals surface area contributed by atoms with E-state index in [1.165, 1.54) is 0 Å². The number of phenols is 1. The highest BCUT2D eigenvalue weighted by Crippen LogP contribution is 2.48. The number of ether oxygens (including phenoxy) is 3. The molecule has 1 amide bonds. The number of aromatic nitrogens is 2. The lowest BCUT2D eigenvalue weighted by molar-refractivity contribution is 0.0741. The van der Waals surface area contributed by atoms with E-state index in [2.05, 4.69) is 17.1 Å². The maximum atomic E-state index is 13.5. The number of amides is 1. The van der Waals surface area contributed by atoms with Crippen molar-refractivity contribution in [1.29, 1.82) is 0 Å². The number of carbonyl (C=O) groups is 1. The van der Waals surface area contributed by atoms with E-state index in [1.807, 2.05) is 36.9 Å². The predicted octanol–water partition coefficient (Wildman–Crippen LogP) is 4.77. The smallest absolute Gasteiger partial charge is 0.273 e. The number of H-pyrrole nitrogens is 1. The zero-order chi connectivity index (χ0) is 24.6. The summed E-state index contributed by atoms with van der Waals surface area (Å²) in [5.74, 6) is 1.51. The van der Waals surface area contributed by atoms with Gasteiger partial charge in [0.1, 0.15) is 17.1 Å². The minimum atomic E-state index is -0.434. The second-order valence-corrected chi connectivity index (χ2v) is 8.55. The van der Waals surface area contributed by atoms with Gasteiger partial charge in [-0.15, -0.1) is 0 Å². The second kappa shape index (κ2) is 9.29. The molecule has 0 saturated carbocycles. The van der Waals surface area contributed by atoms with Crippen molar-refractivity contribution in [2.45, 2.75) is 39.7 Å². The number of phenolic OH excluding ortho intramolecular Hbond substituents is 1. The van der Waals surface area contributed by atoms with Gasteiger partial charge in [-0.05, 0) is 55.2 Å². The van der Waals surface area contributed by atoms with Crippen LogP contribution in [-0.2, 0) is 0 Å². The highest BCUT2D eigenvalue weighted by atomic mass is 16.5. The Morgan fingerprint density at radius 2 is 1.74 bits per heavy atom. The van der Waals surface area contributed by atoms with Gasteiger partial charge in [0.2, 0.25) is 5.75 Å². The Morgan fingerprint density at radius 3 is 2.29 bits per heavy atom. The first kappa shape index (κ1) is 23.5. The fourth-order valence-electron chi connectivity index (χ4n) is 4.81. The quantitative estimate of drug-likeness (QED) is 0.497. The van der Waals surface area contributed by atoms with Gasteiger partial charge in [0.25, 0.3) is 5.91 Å². The van der Waals surface area contributed by atoms with Crippen LogP contribution < -0.4 is 14.2 Å². The molecule has 0 fully saturated rings. The molecule has 1 aliphatic rings. The van der Waals surface area contributed by atoms with Crippen molar-refractivity contribution in [3.63, 3.8) is 0 Å². The van der Waals surface area contributed by atoms with Crippen molar-refractivity contribution >= 4 is 5.91 Å². The number of hydrogen-bond donors (Lipinski definition) is 2. The second-order valence-electron chi connectivity index (χ2n) is 8.55. The van der Waals surface area contributed by atoms with Crippen LogP contribution in [0.5, 0.6) is 23.0 Å². The number of hydrogen-bond acceptors (Lipinski definition) is 6. The summed E-state index contributed by atoms with van der Waals surface area (Å²) in [6.07, 6.45) is 1.80. The summed E-state index contributed by atoms with van der Waals surface area (Å²) in [4.78, 5) is 15.3. The fraction of sp³-hybridized carbons (Fsp3) is 0.385. The molecule has 0 bridgehead atoms. The van der Waals surface area contributed by atoms with Crippen LogP contribution in [0.4, 0.5) is 0 Å². The molecule has 8 nitrogen and oxygen atoms in total. The van der Waals surface area contributed by atoms with E-state index in [4.69, 9.17) is 14.2 Å². The number of carbonyl (C=O) groups excluding carboxylic acids is 1. The Kier molecular flexibility index (Phi) is 6.41. The highest BCUT2D eigenvalue weighted by molar-refractivity contribution is 6.00. The summed E-state index contributed by atoms with van der Waals surface area (Å²) in [5, 5.41) is 18.3. The molecule has 1 atom stereocenters. The molecule has 2 N–H and O–H groups in total. The lowest BCUT2D eigenvalue weighted by atomic mass is 9.92. The molecule has 0 aliphatic carbocycles. The third kappa shape index (κ3) is 3.73. The lowest BCUT2D eigenvalue weighted by Crippen LogP contribution is -2.30. The minimum Gasteiger partial charge on any atom is -0.507 e. The summed E-state index contributed by atoms with van der Waals surface area (Å²) in [6, 6.07) is 7.01. The molecule has 0 radical (unpaired) electrons. The van der Waals surface area contributed by atoms with Gasteiger partial charge in [-0.2, -0.15) is 5.10 Å². The molecule has 180 valence electrons. The van der Waals surface area contributed by atoms with Crippen LogP contribution >= 0.6 is 0 Å². The number of rotatable bonds is 8. The van der Waals surface area contributed by atoms with Crippen LogP contribution in [0.25, 0.3) is 11.3 Å².